The molecule has 1 aromatic heterocycles. The Morgan fingerprint density at radius 3 is 2.48 bits per heavy atom. The molecule has 2 atom stereocenters. The third-order valence-electron chi connectivity index (χ3n) is 5.47. The maximum atomic E-state index is 13.1. The highest BCUT2D eigenvalue weighted by atomic mass is 32.2. The molecule has 1 fully saturated rings. The first-order valence-corrected chi connectivity index (χ1v) is 11.3. The molecule has 0 spiro atoms. The first-order chi connectivity index (χ1) is 14.9. The number of amides is 1. The Morgan fingerprint density at radius 2 is 1.81 bits per heavy atom. The number of imidazole rings is 1. The van der Waals surface area contributed by atoms with E-state index in [1.807, 2.05) is 30.3 Å². The van der Waals surface area contributed by atoms with Crippen LogP contribution in [-0.4, -0.2) is 54.4 Å². The van der Waals surface area contributed by atoms with Gasteiger partial charge in [0.1, 0.15) is 5.75 Å². The van der Waals surface area contributed by atoms with Crippen molar-refractivity contribution in [2.75, 3.05) is 20.2 Å². The van der Waals surface area contributed by atoms with E-state index in [0.29, 0.717) is 11.3 Å². The Hall–Kier alpha value is -3.17. The number of rotatable bonds is 6. The van der Waals surface area contributed by atoms with Crippen LogP contribution in [0.2, 0.25) is 0 Å². The zero-order chi connectivity index (χ0) is 22.0. The van der Waals surface area contributed by atoms with E-state index < -0.39 is 16.1 Å². The zero-order valence-corrected chi connectivity index (χ0v) is 18.1. The fraction of sp³-hybridized carbons (Fsp3) is 0.273. The van der Waals surface area contributed by atoms with Gasteiger partial charge >= 0.3 is 0 Å². The molecule has 1 saturated heterocycles. The molecular weight excluding hydrogens is 416 g/mol. The summed E-state index contributed by atoms with van der Waals surface area (Å²) in [5, 5.41) is 3.03. The van der Waals surface area contributed by atoms with Gasteiger partial charge in [0.05, 0.1) is 25.0 Å². The topological polar surface area (TPSA) is 93.5 Å². The molecule has 1 N–H and O–H groups in total. The van der Waals surface area contributed by atoms with Crippen LogP contribution in [-0.2, 0) is 17.1 Å². The van der Waals surface area contributed by atoms with Gasteiger partial charge in [-0.05, 0) is 17.7 Å². The first-order valence-electron chi connectivity index (χ1n) is 9.87. The molecule has 2 heterocycles. The number of para-hydroxylation sites is 1. The van der Waals surface area contributed by atoms with Crippen LogP contribution in [0, 0.1) is 0 Å². The largest absolute Gasteiger partial charge is 0.496 e. The summed E-state index contributed by atoms with van der Waals surface area (Å²) in [5.74, 6) is -0.0361. The summed E-state index contributed by atoms with van der Waals surface area (Å²) in [6.07, 6.45) is 2.94. The van der Waals surface area contributed by atoms with Gasteiger partial charge < -0.3 is 14.6 Å². The lowest BCUT2D eigenvalue weighted by Gasteiger charge is -2.20. The number of hydrogen-bond donors (Lipinski definition) is 1. The smallest absolute Gasteiger partial charge is 0.262 e. The predicted octanol–water partition coefficient (Wildman–Crippen LogP) is 2.02. The van der Waals surface area contributed by atoms with Gasteiger partial charge in [-0.2, -0.15) is 4.31 Å². The summed E-state index contributed by atoms with van der Waals surface area (Å²) in [5.41, 5.74) is 1.37. The van der Waals surface area contributed by atoms with Gasteiger partial charge in [-0.15, -0.1) is 0 Å². The number of ether oxygens (including phenoxy) is 1. The summed E-state index contributed by atoms with van der Waals surface area (Å²) in [6.45, 7) is 0.402. The van der Waals surface area contributed by atoms with Gasteiger partial charge in [0.25, 0.3) is 15.9 Å². The van der Waals surface area contributed by atoms with Crippen LogP contribution in [0.4, 0.5) is 0 Å². The molecule has 0 bridgehead atoms. The number of nitrogens with zero attached hydrogens (tertiary/aromatic N) is 3. The second kappa shape index (κ2) is 8.52. The molecule has 162 valence electrons. The highest BCUT2D eigenvalue weighted by molar-refractivity contribution is 7.89. The molecular formula is C22H24N4O4S. The number of nitrogens with one attached hydrogen (secondary N) is 1. The summed E-state index contributed by atoms with van der Waals surface area (Å²) in [6, 6.07) is 16.2. The Labute approximate surface area is 181 Å². The number of benzene rings is 2. The summed E-state index contributed by atoms with van der Waals surface area (Å²) >= 11 is 0. The van der Waals surface area contributed by atoms with Crippen LogP contribution in [0.25, 0.3) is 0 Å². The lowest BCUT2D eigenvalue weighted by molar-refractivity contribution is 0.0933. The van der Waals surface area contributed by atoms with Crippen molar-refractivity contribution in [1.29, 1.82) is 0 Å². The van der Waals surface area contributed by atoms with Gasteiger partial charge in [-0.3, -0.25) is 4.79 Å². The normalized spacial score (nSPS) is 19.3. The number of carbonyl (C=O) groups is 1. The lowest BCUT2D eigenvalue weighted by Crippen LogP contribution is -2.40. The highest BCUT2D eigenvalue weighted by Gasteiger charge is 2.41. The second-order valence-electron chi connectivity index (χ2n) is 7.50. The predicted molar refractivity (Wildman–Crippen MR) is 115 cm³/mol. The highest BCUT2D eigenvalue weighted by Crippen LogP contribution is 2.31. The minimum absolute atomic E-state index is 0.00137. The molecule has 0 aliphatic carbocycles. The number of aryl methyl sites for hydroxylation is 1. The van der Waals surface area contributed by atoms with E-state index in [1.165, 1.54) is 23.9 Å². The second-order valence-corrected chi connectivity index (χ2v) is 9.38. The molecule has 1 amide bonds. The van der Waals surface area contributed by atoms with Crippen LogP contribution < -0.4 is 10.1 Å². The first kappa shape index (κ1) is 21.1. The van der Waals surface area contributed by atoms with Gasteiger partial charge in [0.2, 0.25) is 0 Å². The van der Waals surface area contributed by atoms with Crippen molar-refractivity contribution < 1.29 is 17.9 Å². The minimum Gasteiger partial charge on any atom is -0.496 e. The van der Waals surface area contributed by atoms with Crippen LogP contribution >= 0.6 is 0 Å². The van der Waals surface area contributed by atoms with E-state index in [1.54, 1.807) is 35.9 Å². The van der Waals surface area contributed by atoms with Gasteiger partial charge in [-0.25, -0.2) is 13.4 Å². The Kier molecular flexibility index (Phi) is 5.79. The standard InChI is InChI=1S/C22H24N4O4S/c1-25-14-21(23-15-25)31(28,29)26-12-18(16-8-4-3-5-9-16)19(13-26)24-22(27)17-10-6-7-11-20(17)30-2/h3-11,14-15,18-19H,12-13H2,1-2H3,(H,24,27)/t18-,19+/m0/s1. The average molecular weight is 441 g/mol. The van der Waals surface area contributed by atoms with Crippen molar-refractivity contribution in [1.82, 2.24) is 19.2 Å². The molecule has 4 rings (SSSR count). The number of carbonyl (C=O) groups excluding carboxylic acids is 1. The Balaban J connectivity index is 1.63. The molecule has 31 heavy (non-hydrogen) atoms. The maximum absolute atomic E-state index is 13.1. The molecule has 0 radical (unpaired) electrons. The average Bonchev–Trinajstić information content (AvgIpc) is 3.41. The molecule has 0 saturated carbocycles. The Bertz CT molecular complexity index is 1180. The fourth-order valence-corrected chi connectivity index (χ4v) is 5.34. The van der Waals surface area contributed by atoms with Gasteiger partial charge in [-0.1, -0.05) is 42.5 Å². The van der Waals surface area contributed by atoms with E-state index in [4.69, 9.17) is 4.74 Å². The third kappa shape index (κ3) is 4.19. The van der Waals surface area contributed by atoms with Crippen molar-refractivity contribution in [3.05, 3.63) is 78.2 Å². The van der Waals surface area contributed by atoms with Gasteiger partial charge in [0, 0.05) is 32.3 Å². The summed E-state index contributed by atoms with van der Waals surface area (Å²) in [4.78, 5) is 17.0. The molecule has 3 aromatic rings. The van der Waals surface area contributed by atoms with E-state index in [-0.39, 0.29) is 29.9 Å². The van der Waals surface area contributed by atoms with Crippen LogP contribution in [0.1, 0.15) is 21.8 Å². The minimum atomic E-state index is -3.78. The van der Waals surface area contributed by atoms with E-state index >= 15 is 0 Å². The maximum Gasteiger partial charge on any atom is 0.262 e. The number of methoxy groups -OCH3 is 1. The third-order valence-corrected chi connectivity index (χ3v) is 7.18. The van der Waals surface area contributed by atoms with E-state index in [0.717, 1.165) is 5.56 Å². The quantitative estimate of drug-likeness (QED) is 0.633. The molecule has 0 unspecified atom stereocenters. The molecule has 2 aromatic carbocycles. The fourth-order valence-electron chi connectivity index (χ4n) is 3.88. The lowest BCUT2D eigenvalue weighted by atomic mass is 9.94. The summed E-state index contributed by atoms with van der Waals surface area (Å²) < 4.78 is 34.6. The summed E-state index contributed by atoms with van der Waals surface area (Å²) in [7, 11) is -0.549. The van der Waals surface area contributed by atoms with Crippen molar-refractivity contribution >= 4 is 15.9 Å². The van der Waals surface area contributed by atoms with Crippen molar-refractivity contribution in [2.45, 2.75) is 17.0 Å². The zero-order valence-electron chi connectivity index (χ0n) is 17.3. The van der Waals surface area contributed by atoms with Crippen molar-refractivity contribution in [3.63, 3.8) is 0 Å². The molecule has 1 aliphatic rings. The number of hydrogen-bond acceptors (Lipinski definition) is 5. The number of sulfonamides is 1. The monoisotopic (exact) mass is 440 g/mol. The molecule has 9 heteroatoms. The van der Waals surface area contributed by atoms with Crippen molar-refractivity contribution in [3.8, 4) is 5.75 Å². The van der Waals surface area contributed by atoms with E-state index in [2.05, 4.69) is 10.3 Å². The Morgan fingerprint density at radius 1 is 1.10 bits per heavy atom. The van der Waals surface area contributed by atoms with Crippen LogP contribution in [0.3, 0.4) is 0 Å². The molecule has 1 aliphatic heterocycles. The van der Waals surface area contributed by atoms with E-state index in [9.17, 15) is 13.2 Å². The van der Waals surface area contributed by atoms with Gasteiger partial charge in [0.15, 0.2) is 5.03 Å². The van der Waals surface area contributed by atoms with Crippen molar-refractivity contribution in [2.24, 2.45) is 7.05 Å². The number of aromatic nitrogens is 2. The SMILES string of the molecule is COc1ccccc1C(=O)N[C@@H]1CN(S(=O)(=O)c2cn(C)cn2)C[C@H]1c1ccccc1. The molecule has 8 nitrogen and oxygen atoms in total. The van der Waals surface area contributed by atoms with Crippen LogP contribution in [0.5, 0.6) is 5.75 Å². The van der Waals surface area contributed by atoms with Crippen LogP contribution in [0.15, 0.2) is 72.1 Å².